The Kier molecular flexibility index (Phi) is 9.80. The van der Waals surface area contributed by atoms with E-state index in [-0.39, 0.29) is 11.7 Å². The van der Waals surface area contributed by atoms with Crippen LogP contribution in [0.25, 0.3) is 0 Å². The SMILES string of the molecule is CC[C@H](C)CCCNc1nnc(SCC(=O)N(CCC#N)c2ccccc2)s1. The van der Waals surface area contributed by atoms with Crippen molar-refractivity contribution in [2.75, 3.05) is 29.1 Å². The van der Waals surface area contributed by atoms with Gasteiger partial charge in [0, 0.05) is 18.8 Å². The number of thioether (sulfide) groups is 1. The monoisotopic (exact) mass is 417 g/mol. The number of para-hydroxylation sites is 1. The summed E-state index contributed by atoms with van der Waals surface area (Å²) >= 11 is 2.86. The normalized spacial score (nSPS) is 11.6. The second-order valence-corrected chi connectivity index (χ2v) is 8.73. The molecule has 0 unspecified atom stereocenters. The number of aromatic nitrogens is 2. The maximum atomic E-state index is 12.7. The van der Waals surface area contributed by atoms with E-state index >= 15 is 0 Å². The smallest absolute Gasteiger partial charge is 0.237 e. The third kappa shape index (κ3) is 7.49. The van der Waals surface area contributed by atoms with Crippen molar-refractivity contribution in [2.45, 2.75) is 43.9 Å². The van der Waals surface area contributed by atoms with Crippen molar-refractivity contribution in [1.29, 1.82) is 5.26 Å². The Balaban J connectivity index is 1.82. The average Bonchev–Trinajstić information content (AvgIpc) is 3.18. The van der Waals surface area contributed by atoms with Crippen LogP contribution in [0.5, 0.6) is 0 Å². The van der Waals surface area contributed by atoms with E-state index < -0.39 is 0 Å². The Hall–Kier alpha value is -2.11. The quantitative estimate of drug-likeness (QED) is 0.394. The molecule has 1 N–H and O–H groups in total. The van der Waals surface area contributed by atoms with Crippen molar-refractivity contribution in [3.8, 4) is 6.07 Å². The number of amides is 1. The van der Waals surface area contributed by atoms with Crippen LogP contribution in [0.4, 0.5) is 10.8 Å². The fourth-order valence-electron chi connectivity index (χ4n) is 2.56. The minimum Gasteiger partial charge on any atom is -0.360 e. The highest BCUT2D eigenvalue weighted by Crippen LogP contribution is 2.26. The highest BCUT2D eigenvalue weighted by molar-refractivity contribution is 8.01. The molecule has 0 bridgehead atoms. The highest BCUT2D eigenvalue weighted by Gasteiger charge is 2.16. The van der Waals surface area contributed by atoms with E-state index in [4.69, 9.17) is 5.26 Å². The van der Waals surface area contributed by atoms with Crippen molar-refractivity contribution in [2.24, 2.45) is 5.92 Å². The molecule has 6 nitrogen and oxygen atoms in total. The molecule has 0 aliphatic carbocycles. The fourth-order valence-corrected chi connectivity index (χ4v) is 4.21. The lowest BCUT2D eigenvalue weighted by Crippen LogP contribution is -2.33. The van der Waals surface area contributed by atoms with Gasteiger partial charge in [0.1, 0.15) is 0 Å². The van der Waals surface area contributed by atoms with Crippen LogP contribution < -0.4 is 10.2 Å². The number of hydrogen-bond donors (Lipinski definition) is 1. The number of rotatable bonds is 12. The molecule has 2 aromatic rings. The maximum Gasteiger partial charge on any atom is 0.237 e. The Labute approximate surface area is 175 Å². The van der Waals surface area contributed by atoms with E-state index in [9.17, 15) is 4.79 Å². The van der Waals surface area contributed by atoms with Crippen molar-refractivity contribution in [3.63, 3.8) is 0 Å². The summed E-state index contributed by atoms with van der Waals surface area (Å²) in [6.45, 7) is 5.76. The molecule has 0 radical (unpaired) electrons. The second-order valence-electron chi connectivity index (χ2n) is 6.53. The van der Waals surface area contributed by atoms with E-state index in [0.29, 0.717) is 13.0 Å². The summed E-state index contributed by atoms with van der Waals surface area (Å²) in [6, 6.07) is 11.6. The van der Waals surface area contributed by atoms with Gasteiger partial charge in [0.05, 0.1) is 18.2 Å². The van der Waals surface area contributed by atoms with Gasteiger partial charge in [0.2, 0.25) is 11.0 Å². The first-order valence-corrected chi connectivity index (χ1v) is 11.4. The molecule has 0 saturated heterocycles. The van der Waals surface area contributed by atoms with E-state index in [1.54, 1.807) is 4.90 Å². The lowest BCUT2D eigenvalue weighted by Gasteiger charge is -2.21. The summed E-state index contributed by atoms with van der Waals surface area (Å²) < 4.78 is 0.770. The number of benzene rings is 1. The van der Waals surface area contributed by atoms with Crippen LogP contribution in [0.15, 0.2) is 34.7 Å². The molecule has 0 fully saturated rings. The minimum absolute atomic E-state index is 0.0373. The lowest BCUT2D eigenvalue weighted by molar-refractivity contribution is -0.116. The molecule has 28 heavy (non-hydrogen) atoms. The summed E-state index contributed by atoms with van der Waals surface area (Å²) in [5.74, 6) is 0.981. The molecule has 8 heteroatoms. The molecule has 1 atom stereocenters. The Bertz CT molecular complexity index is 759. The molecule has 1 aromatic carbocycles. The van der Waals surface area contributed by atoms with Crippen molar-refractivity contribution in [3.05, 3.63) is 30.3 Å². The van der Waals surface area contributed by atoms with E-state index in [0.717, 1.165) is 34.0 Å². The van der Waals surface area contributed by atoms with Gasteiger partial charge in [-0.05, 0) is 30.9 Å². The standard InChI is InChI=1S/C20H27N5OS2/c1-3-16(2)9-7-13-22-19-23-24-20(28-19)27-15-18(26)25(14-8-12-21)17-10-5-4-6-11-17/h4-6,10-11,16H,3,7-9,13-15H2,1-2H3,(H,22,23)/t16-/m0/s1. The van der Waals surface area contributed by atoms with Gasteiger partial charge in [-0.15, -0.1) is 10.2 Å². The zero-order chi connectivity index (χ0) is 20.2. The third-order valence-electron chi connectivity index (χ3n) is 4.39. The van der Waals surface area contributed by atoms with Crippen molar-refractivity contribution >= 4 is 39.8 Å². The van der Waals surface area contributed by atoms with Crippen molar-refractivity contribution in [1.82, 2.24) is 10.2 Å². The number of nitrogens with zero attached hydrogens (tertiary/aromatic N) is 4. The molecule has 0 spiro atoms. The van der Waals surface area contributed by atoms with Gasteiger partial charge in [-0.1, -0.05) is 61.6 Å². The average molecular weight is 418 g/mol. The van der Waals surface area contributed by atoms with Gasteiger partial charge in [-0.2, -0.15) is 5.26 Å². The molecular weight excluding hydrogens is 390 g/mol. The lowest BCUT2D eigenvalue weighted by atomic mass is 10.0. The van der Waals surface area contributed by atoms with Crippen LogP contribution >= 0.6 is 23.1 Å². The molecule has 1 heterocycles. The number of carbonyl (C=O) groups excluding carboxylic acids is 1. The Morgan fingerprint density at radius 3 is 2.86 bits per heavy atom. The minimum atomic E-state index is -0.0373. The van der Waals surface area contributed by atoms with Gasteiger partial charge >= 0.3 is 0 Å². The van der Waals surface area contributed by atoms with Crippen molar-refractivity contribution < 1.29 is 4.79 Å². The summed E-state index contributed by atoms with van der Waals surface area (Å²) in [4.78, 5) is 14.3. The molecule has 0 aliphatic heterocycles. The Morgan fingerprint density at radius 1 is 1.36 bits per heavy atom. The molecule has 150 valence electrons. The number of hydrogen-bond acceptors (Lipinski definition) is 7. The number of nitrogens with one attached hydrogen (secondary N) is 1. The van der Waals surface area contributed by atoms with Crippen LogP contribution in [-0.2, 0) is 4.79 Å². The number of nitriles is 1. The fraction of sp³-hybridized carbons (Fsp3) is 0.500. The Morgan fingerprint density at radius 2 is 2.14 bits per heavy atom. The summed E-state index contributed by atoms with van der Waals surface area (Å²) in [7, 11) is 0. The van der Waals surface area contributed by atoms with Crippen LogP contribution in [0, 0.1) is 17.2 Å². The second kappa shape index (κ2) is 12.4. The molecule has 0 saturated carbocycles. The zero-order valence-corrected chi connectivity index (χ0v) is 18.1. The highest BCUT2D eigenvalue weighted by atomic mass is 32.2. The third-order valence-corrected chi connectivity index (χ3v) is 6.39. The van der Waals surface area contributed by atoms with Crippen LogP contribution in [0.2, 0.25) is 0 Å². The van der Waals surface area contributed by atoms with E-state index in [2.05, 4.69) is 35.4 Å². The first kappa shape index (κ1) is 22.2. The summed E-state index contributed by atoms with van der Waals surface area (Å²) in [5, 5.41) is 21.3. The summed E-state index contributed by atoms with van der Waals surface area (Å²) in [6.07, 6.45) is 3.83. The maximum absolute atomic E-state index is 12.7. The van der Waals surface area contributed by atoms with Gasteiger partial charge < -0.3 is 10.2 Å². The zero-order valence-electron chi connectivity index (χ0n) is 16.4. The predicted octanol–water partition coefficient (Wildman–Crippen LogP) is 4.82. The molecule has 2 rings (SSSR count). The first-order valence-electron chi connectivity index (χ1n) is 9.56. The van der Waals surface area contributed by atoms with E-state index in [1.165, 1.54) is 35.9 Å². The number of carbonyl (C=O) groups is 1. The van der Waals surface area contributed by atoms with Gasteiger partial charge in [0.15, 0.2) is 4.34 Å². The molecular formula is C20H27N5OS2. The van der Waals surface area contributed by atoms with Crippen LogP contribution in [0.3, 0.4) is 0 Å². The van der Waals surface area contributed by atoms with Crippen LogP contribution in [-0.4, -0.2) is 34.9 Å². The molecule has 1 amide bonds. The predicted molar refractivity (Wildman–Crippen MR) is 117 cm³/mol. The van der Waals surface area contributed by atoms with Gasteiger partial charge in [0.25, 0.3) is 0 Å². The first-order chi connectivity index (χ1) is 13.6. The largest absolute Gasteiger partial charge is 0.360 e. The van der Waals surface area contributed by atoms with Gasteiger partial charge in [-0.3, -0.25) is 4.79 Å². The molecule has 1 aromatic heterocycles. The van der Waals surface area contributed by atoms with E-state index in [1.807, 2.05) is 30.3 Å². The topological polar surface area (TPSA) is 81.9 Å². The summed E-state index contributed by atoms with van der Waals surface area (Å²) in [5.41, 5.74) is 0.810. The van der Waals surface area contributed by atoms with Gasteiger partial charge in [-0.25, -0.2) is 0 Å². The number of anilines is 2. The van der Waals surface area contributed by atoms with Crippen LogP contribution in [0.1, 0.15) is 39.5 Å². The molecule has 0 aliphatic rings.